The lowest BCUT2D eigenvalue weighted by atomic mass is 10.1. The van der Waals surface area contributed by atoms with Crippen LogP contribution in [0, 0.1) is 0 Å². The molecule has 2 aliphatic rings. The second-order valence-electron chi connectivity index (χ2n) is 6.90. The normalized spacial score (nSPS) is 20.4. The molecular weight excluding hydrogens is 362 g/mol. The van der Waals surface area contributed by atoms with Crippen molar-refractivity contribution in [1.82, 2.24) is 4.90 Å². The van der Waals surface area contributed by atoms with Gasteiger partial charge in [-0.2, -0.15) is 0 Å². The third-order valence-electron chi connectivity index (χ3n) is 3.97. The highest BCUT2D eigenvalue weighted by atomic mass is 79.9. The van der Waals surface area contributed by atoms with Crippen LogP contribution in [0.5, 0.6) is 5.75 Å². The van der Waals surface area contributed by atoms with Gasteiger partial charge in [-0.1, -0.05) is 0 Å². The molecule has 1 unspecified atom stereocenters. The van der Waals surface area contributed by atoms with E-state index in [1.165, 1.54) is 0 Å². The molecule has 2 N–H and O–H groups in total. The Hall–Kier alpha value is -1.63. The number of piperazine rings is 1. The summed E-state index contributed by atoms with van der Waals surface area (Å²) in [6.07, 6.45) is -0.263. The Kier molecular flexibility index (Phi) is 4.08. The van der Waals surface area contributed by atoms with Gasteiger partial charge in [-0.3, -0.25) is 0 Å². The van der Waals surface area contributed by atoms with Gasteiger partial charge in [0.1, 0.15) is 12.2 Å². The highest BCUT2D eigenvalue weighted by molar-refractivity contribution is 9.10. The van der Waals surface area contributed by atoms with Gasteiger partial charge in [0.2, 0.25) is 0 Å². The Morgan fingerprint density at radius 2 is 2.13 bits per heavy atom. The summed E-state index contributed by atoms with van der Waals surface area (Å²) in [7, 11) is 0. The van der Waals surface area contributed by atoms with Crippen LogP contribution in [-0.2, 0) is 4.74 Å². The molecule has 0 saturated carbocycles. The Morgan fingerprint density at radius 3 is 2.83 bits per heavy atom. The van der Waals surface area contributed by atoms with E-state index in [9.17, 15) is 4.79 Å². The number of anilines is 2. The number of fused-ring (bicyclic) bond motifs is 3. The topological polar surface area (TPSA) is 68.0 Å². The van der Waals surface area contributed by atoms with Gasteiger partial charge < -0.3 is 25.0 Å². The first-order chi connectivity index (χ1) is 10.8. The van der Waals surface area contributed by atoms with Gasteiger partial charge in [-0.05, 0) is 48.8 Å². The average Bonchev–Trinajstić information content (AvgIpc) is 2.48. The predicted octanol–water partition coefficient (Wildman–Crippen LogP) is 2.85. The molecule has 0 aliphatic carbocycles. The third-order valence-corrected chi connectivity index (χ3v) is 4.79. The summed E-state index contributed by atoms with van der Waals surface area (Å²) in [6.45, 7) is 8.13. The van der Waals surface area contributed by atoms with E-state index in [2.05, 4.69) is 20.8 Å². The van der Waals surface area contributed by atoms with E-state index in [1.807, 2.05) is 32.9 Å². The molecule has 3 rings (SSSR count). The number of halogens is 1. The van der Waals surface area contributed by atoms with E-state index >= 15 is 0 Å². The molecule has 1 aromatic carbocycles. The van der Waals surface area contributed by atoms with Crippen molar-refractivity contribution in [2.75, 3.05) is 36.9 Å². The van der Waals surface area contributed by atoms with Crippen molar-refractivity contribution in [1.29, 1.82) is 0 Å². The summed E-state index contributed by atoms with van der Waals surface area (Å²) < 4.78 is 12.1. The Labute approximate surface area is 144 Å². The standard InChI is InChI=1S/C16H22BrN3O3/c1-16(2,3)23-15(21)19-6-7-20-10(8-19)9-22-14-12(20)5-4-11(18)13(14)17/h4-5,10H,6-9,18H2,1-3H3. The van der Waals surface area contributed by atoms with E-state index in [0.29, 0.717) is 25.4 Å². The van der Waals surface area contributed by atoms with Crippen LogP contribution in [0.25, 0.3) is 0 Å². The maximum atomic E-state index is 12.3. The number of carbonyl (C=O) groups is 1. The van der Waals surface area contributed by atoms with Crippen LogP contribution in [0.2, 0.25) is 0 Å². The monoisotopic (exact) mass is 383 g/mol. The minimum Gasteiger partial charge on any atom is -0.488 e. The van der Waals surface area contributed by atoms with Gasteiger partial charge in [0.15, 0.2) is 5.75 Å². The molecule has 126 valence electrons. The lowest BCUT2D eigenvalue weighted by molar-refractivity contribution is 0.0194. The Balaban J connectivity index is 1.75. The maximum absolute atomic E-state index is 12.3. The second-order valence-corrected chi connectivity index (χ2v) is 7.69. The Morgan fingerprint density at radius 1 is 1.39 bits per heavy atom. The van der Waals surface area contributed by atoms with Crippen LogP contribution in [0.1, 0.15) is 20.8 Å². The number of nitrogens with two attached hydrogens (primary N) is 1. The van der Waals surface area contributed by atoms with Crippen molar-refractivity contribution in [2.24, 2.45) is 0 Å². The number of nitrogen functional groups attached to an aromatic ring is 1. The quantitative estimate of drug-likeness (QED) is 0.697. The first kappa shape index (κ1) is 16.2. The third kappa shape index (κ3) is 3.20. The number of ether oxygens (including phenoxy) is 2. The van der Waals surface area contributed by atoms with Crippen LogP contribution in [0.4, 0.5) is 16.2 Å². The van der Waals surface area contributed by atoms with Crippen LogP contribution in [-0.4, -0.2) is 48.9 Å². The molecule has 0 bridgehead atoms. The predicted molar refractivity (Wildman–Crippen MR) is 93.0 cm³/mol. The van der Waals surface area contributed by atoms with Crippen molar-refractivity contribution < 1.29 is 14.3 Å². The van der Waals surface area contributed by atoms with Crippen LogP contribution < -0.4 is 15.4 Å². The van der Waals surface area contributed by atoms with Crippen LogP contribution in [0.15, 0.2) is 16.6 Å². The minimum absolute atomic E-state index is 0.124. The van der Waals surface area contributed by atoms with E-state index in [-0.39, 0.29) is 12.1 Å². The molecule has 1 fully saturated rings. The molecule has 0 aromatic heterocycles. The molecule has 23 heavy (non-hydrogen) atoms. The fourth-order valence-corrected chi connectivity index (χ4v) is 3.36. The number of carbonyl (C=O) groups excluding carboxylic acids is 1. The number of amides is 1. The molecule has 0 radical (unpaired) electrons. The number of nitrogens with zero attached hydrogens (tertiary/aromatic N) is 2. The summed E-state index contributed by atoms with van der Waals surface area (Å²) in [6, 6.07) is 3.97. The fourth-order valence-electron chi connectivity index (χ4n) is 2.91. The maximum Gasteiger partial charge on any atom is 0.410 e. The summed E-state index contributed by atoms with van der Waals surface area (Å²) in [5.41, 5.74) is 7.12. The molecular formula is C16H22BrN3O3. The summed E-state index contributed by atoms with van der Waals surface area (Å²) >= 11 is 3.49. The molecule has 7 heteroatoms. The molecule has 6 nitrogen and oxygen atoms in total. The molecule has 1 atom stereocenters. The lowest BCUT2D eigenvalue weighted by Crippen LogP contribution is -2.59. The number of benzene rings is 1. The van der Waals surface area contributed by atoms with E-state index in [0.717, 1.165) is 22.5 Å². The zero-order chi connectivity index (χ0) is 16.8. The lowest BCUT2D eigenvalue weighted by Gasteiger charge is -2.45. The zero-order valence-corrected chi connectivity index (χ0v) is 15.2. The highest BCUT2D eigenvalue weighted by Crippen LogP contribution is 2.43. The van der Waals surface area contributed by atoms with Crippen LogP contribution in [0.3, 0.4) is 0 Å². The highest BCUT2D eigenvalue weighted by Gasteiger charge is 2.36. The van der Waals surface area contributed by atoms with Crippen molar-refractivity contribution >= 4 is 33.4 Å². The van der Waals surface area contributed by atoms with Crippen LogP contribution >= 0.6 is 15.9 Å². The minimum atomic E-state index is -0.480. The number of rotatable bonds is 0. The number of hydrogen-bond acceptors (Lipinski definition) is 5. The molecule has 1 saturated heterocycles. The first-order valence-electron chi connectivity index (χ1n) is 7.71. The molecule has 0 spiro atoms. The van der Waals surface area contributed by atoms with E-state index < -0.39 is 5.60 Å². The van der Waals surface area contributed by atoms with E-state index in [4.69, 9.17) is 15.2 Å². The summed E-state index contributed by atoms with van der Waals surface area (Å²) in [5.74, 6) is 0.784. The molecule has 1 aromatic rings. The van der Waals surface area contributed by atoms with Crippen molar-refractivity contribution in [3.8, 4) is 5.75 Å². The smallest absolute Gasteiger partial charge is 0.410 e. The van der Waals surface area contributed by atoms with Gasteiger partial charge in [0.05, 0.1) is 16.2 Å². The van der Waals surface area contributed by atoms with Crippen molar-refractivity contribution in [2.45, 2.75) is 32.4 Å². The summed E-state index contributed by atoms with van der Waals surface area (Å²) in [5, 5.41) is 0. The molecule has 1 amide bonds. The molecule has 2 heterocycles. The van der Waals surface area contributed by atoms with Crippen molar-refractivity contribution in [3.63, 3.8) is 0 Å². The van der Waals surface area contributed by atoms with Gasteiger partial charge >= 0.3 is 6.09 Å². The molecule has 2 aliphatic heterocycles. The average molecular weight is 384 g/mol. The Bertz CT molecular complexity index is 630. The van der Waals surface area contributed by atoms with Gasteiger partial charge in [0, 0.05) is 25.3 Å². The summed E-state index contributed by atoms with van der Waals surface area (Å²) in [4.78, 5) is 16.3. The van der Waals surface area contributed by atoms with E-state index in [1.54, 1.807) is 4.90 Å². The van der Waals surface area contributed by atoms with Crippen molar-refractivity contribution in [3.05, 3.63) is 16.6 Å². The zero-order valence-electron chi connectivity index (χ0n) is 13.6. The second kappa shape index (κ2) is 5.78. The fraction of sp³-hybridized carbons (Fsp3) is 0.562. The van der Waals surface area contributed by atoms with Gasteiger partial charge in [0.25, 0.3) is 0 Å². The largest absolute Gasteiger partial charge is 0.488 e. The SMILES string of the molecule is CC(C)(C)OC(=O)N1CCN2c3ccc(N)c(Br)c3OCC2C1. The van der Waals surface area contributed by atoms with Gasteiger partial charge in [-0.15, -0.1) is 0 Å². The number of hydrogen-bond donors (Lipinski definition) is 1. The first-order valence-corrected chi connectivity index (χ1v) is 8.51. The van der Waals surface area contributed by atoms with Gasteiger partial charge in [-0.25, -0.2) is 4.79 Å².